The Morgan fingerprint density at radius 3 is 2.53 bits per heavy atom. The van der Waals surface area contributed by atoms with Crippen LogP contribution >= 0.6 is 22.6 Å². The van der Waals surface area contributed by atoms with Crippen LogP contribution in [0.4, 0.5) is 0 Å². The number of rotatable bonds is 2. The fourth-order valence-electron chi connectivity index (χ4n) is 1.48. The fraction of sp³-hybridized carbons (Fsp3) is 0.417. The van der Waals surface area contributed by atoms with Crippen molar-refractivity contribution in [2.24, 2.45) is 10.9 Å². The molecule has 1 aliphatic rings. The Labute approximate surface area is 104 Å². The molecule has 0 fully saturated rings. The van der Waals surface area contributed by atoms with E-state index in [1.54, 1.807) is 0 Å². The van der Waals surface area contributed by atoms with Gasteiger partial charge < -0.3 is 4.74 Å². The summed E-state index contributed by atoms with van der Waals surface area (Å²) < 4.78 is 6.83. The van der Waals surface area contributed by atoms with E-state index < -0.39 is 0 Å². The van der Waals surface area contributed by atoms with E-state index in [2.05, 4.69) is 65.7 Å². The van der Waals surface area contributed by atoms with Crippen molar-refractivity contribution in [2.45, 2.75) is 19.9 Å². The zero-order valence-corrected chi connectivity index (χ0v) is 11.1. The normalized spacial score (nSPS) is 20.3. The lowest BCUT2D eigenvalue weighted by molar-refractivity contribution is 0.292. The number of halogens is 1. The molecule has 1 aliphatic heterocycles. The minimum Gasteiger partial charge on any atom is -0.475 e. The van der Waals surface area contributed by atoms with Gasteiger partial charge in [0.2, 0.25) is 5.90 Å². The molecular formula is C12H14INO. The molecule has 0 unspecified atom stereocenters. The Morgan fingerprint density at radius 2 is 2.00 bits per heavy atom. The molecule has 1 atom stereocenters. The molecule has 0 saturated heterocycles. The van der Waals surface area contributed by atoms with Crippen molar-refractivity contribution in [3.63, 3.8) is 0 Å². The van der Waals surface area contributed by atoms with E-state index in [-0.39, 0.29) is 0 Å². The molecule has 2 nitrogen and oxygen atoms in total. The summed E-state index contributed by atoms with van der Waals surface area (Å²) >= 11 is 2.29. The van der Waals surface area contributed by atoms with Crippen LogP contribution in [0.15, 0.2) is 29.3 Å². The Kier molecular flexibility index (Phi) is 3.29. The summed E-state index contributed by atoms with van der Waals surface area (Å²) in [6.45, 7) is 5.07. The highest BCUT2D eigenvalue weighted by Crippen LogP contribution is 2.18. The zero-order valence-electron chi connectivity index (χ0n) is 8.90. The summed E-state index contributed by atoms with van der Waals surface area (Å²) in [5, 5.41) is 0. The van der Waals surface area contributed by atoms with Gasteiger partial charge in [-0.05, 0) is 52.8 Å². The molecule has 2 rings (SSSR count). The maximum atomic E-state index is 5.60. The van der Waals surface area contributed by atoms with Gasteiger partial charge in [0.1, 0.15) is 6.61 Å². The van der Waals surface area contributed by atoms with Gasteiger partial charge in [-0.15, -0.1) is 0 Å². The minimum atomic E-state index is 0.319. The average molecular weight is 315 g/mol. The summed E-state index contributed by atoms with van der Waals surface area (Å²) in [7, 11) is 0. The van der Waals surface area contributed by atoms with E-state index >= 15 is 0 Å². The number of aliphatic imine (C=N–C) groups is 1. The maximum Gasteiger partial charge on any atom is 0.216 e. The van der Waals surface area contributed by atoms with Crippen LogP contribution in [0.1, 0.15) is 19.4 Å². The highest BCUT2D eigenvalue weighted by atomic mass is 127. The first-order chi connectivity index (χ1) is 7.16. The third-order valence-electron chi connectivity index (χ3n) is 2.53. The SMILES string of the molecule is CC(C)[C@H]1COC(c2ccc(I)cc2)=N1. The maximum absolute atomic E-state index is 5.60. The van der Waals surface area contributed by atoms with Gasteiger partial charge in [0, 0.05) is 9.13 Å². The van der Waals surface area contributed by atoms with Crippen LogP contribution in [0.3, 0.4) is 0 Å². The van der Waals surface area contributed by atoms with Gasteiger partial charge in [0.25, 0.3) is 0 Å². The van der Waals surface area contributed by atoms with Gasteiger partial charge in [-0.25, -0.2) is 4.99 Å². The average Bonchev–Trinajstić information content (AvgIpc) is 2.68. The Morgan fingerprint density at radius 1 is 1.33 bits per heavy atom. The number of benzene rings is 1. The largest absolute Gasteiger partial charge is 0.475 e. The smallest absolute Gasteiger partial charge is 0.216 e. The zero-order chi connectivity index (χ0) is 10.8. The molecule has 3 heteroatoms. The number of nitrogens with zero attached hydrogens (tertiary/aromatic N) is 1. The molecule has 0 radical (unpaired) electrons. The summed E-state index contributed by atoms with van der Waals surface area (Å²) in [4.78, 5) is 4.58. The van der Waals surface area contributed by atoms with E-state index in [9.17, 15) is 0 Å². The predicted molar refractivity (Wildman–Crippen MR) is 70.3 cm³/mol. The van der Waals surface area contributed by atoms with Crippen molar-refractivity contribution in [1.29, 1.82) is 0 Å². The molecule has 0 bridgehead atoms. The Bertz CT molecular complexity index is 370. The molecule has 1 aromatic carbocycles. The first-order valence-corrected chi connectivity index (χ1v) is 6.21. The molecular weight excluding hydrogens is 301 g/mol. The van der Waals surface area contributed by atoms with Crippen LogP contribution in [0, 0.1) is 9.49 Å². The van der Waals surface area contributed by atoms with Crippen molar-refractivity contribution in [2.75, 3.05) is 6.61 Å². The van der Waals surface area contributed by atoms with Crippen molar-refractivity contribution in [3.8, 4) is 0 Å². The van der Waals surface area contributed by atoms with Crippen molar-refractivity contribution in [1.82, 2.24) is 0 Å². The molecule has 15 heavy (non-hydrogen) atoms. The standard InChI is InChI=1S/C12H14INO/c1-8(2)11-7-15-12(14-11)9-3-5-10(13)6-4-9/h3-6,8,11H,7H2,1-2H3/t11-/m1/s1. The van der Waals surface area contributed by atoms with Crippen molar-refractivity contribution < 1.29 is 4.74 Å². The van der Waals surface area contributed by atoms with Gasteiger partial charge in [-0.1, -0.05) is 13.8 Å². The van der Waals surface area contributed by atoms with Gasteiger partial charge >= 0.3 is 0 Å². The summed E-state index contributed by atoms with van der Waals surface area (Å²) in [6.07, 6.45) is 0. The van der Waals surface area contributed by atoms with E-state index in [4.69, 9.17) is 4.74 Å². The Hall–Kier alpha value is -0.580. The summed E-state index contributed by atoms with van der Waals surface area (Å²) in [5.41, 5.74) is 1.08. The number of hydrogen-bond donors (Lipinski definition) is 0. The lowest BCUT2D eigenvalue weighted by Crippen LogP contribution is -2.13. The van der Waals surface area contributed by atoms with Gasteiger partial charge in [-0.2, -0.15) is 0 Å². The Balaban J connectivity index is 2.19. The lowest BCUT2D eigenvalue weighted by atomic mass is 10.1. The molecule has 0 spiro atoms. The molecule has 1 aromatic rings. The van der Waals surface area contributed by atoms with Gasteiger partial charge in [0.05, 0.1) is 6.04 Å². The van der Waals surface area contributed by atoms with Crippen molar-refractivity contribution >= 4 is 28.5 Å². The van der Waals surface area contributed by atoms with Crippen LogP contribution in [0.25, 0.3) is 0 Å². The monoisotopic (exact) mass is 315 g/mol. The molecule has 1 heterocycles. The summed E-state index contributed by atoms with van der Waals surface area (Å²) in [5.74, 6) is 1.34. The third kappa shape index (κ3) is 2.51. The summed E-state index contributed by atoms with van der Waals surface area (Å²) in [6, 6.07) is 8.58. The van der Waals surface area contributed by atoms with E-state index in [1.807, 2.05) is 0 Å². The first-order valence-electron chi connectivity index (χ1n) is 5.13. The molecule has 0 saturated carbocycles. The van der Waals surface area contributed by atoms with Crippen LogP contribution < -0.4 is 0 Å². The second-order valence-corrected chi connectivity index (χ2v) is 5.31. The number of ether oxygens (including phenoxy) is 1. The highest BCUT2D eigenvalue weighted by molar-refractivity contribution is 14.1. The van der Waals surface area contributed by atoms with Gasteiger partial charge in [0.15, 0.2) is 0 Å². The van der Waals surface area contributed by atoms with E-state index in [0.29, 0.717) is 12.0 Å². The first kappa shape index (κ1) is 10.9. The topological polar surface area (TPSA) is 21.6 Å². The third-order valence-corrected chi connectivity index (χ3v) is 3.25. The molecule has 0 aromatic heterocycles. The second kappa shape index (κ2) is 4.51. The van der Waals surface area contributed by atoms with Crippen LogP contribution in [-0.4, -0.2) is 18.5 Å². The fourth-order valence-corrected chi connectivity index (χ4v) is 1.84. The number of hydrogen-bond acceptors (Lipinski definition) is 2. The quantitative estimate of drug-likeness (QED) is 0.769. The van der Waals surface area contributed by atoms with Crippen LogP contribution in [0.2, 0.25) is 0 Å². The molecule has 0 amide bonds. The molecule has 0 aliphatic carbocycles. The van der Waals surface area contributed by atoms with E-state index in [1.165, 1.54) is 3.57 Å². The molecule has 80 valence electrons. The van der Waals surface area contributed by atoms with Crippen molar-refractivity contribution in [3.05, 3.63) is 33.4 Å². The molecule has 0 N–H and O–H groups in total. The van der Waals surface area contributed by atoms with Gasteiger partial charge in [-0.3, -0.25) is 0 Å². The van der Waals surface area contributed by atoms with E-state index in [0.717, 1.165) is 18.1 Å². The van der Waals surface area contributed by atoms with Crippen LogP contribution in [-0.2, 0) is 4.74 Å². The predicted octanol–water partition coefficient (Wildman–Crippen LogP) is 3.09. The lowest BCUT2D eigenvalue weighted by Gasteiger charge is -2.06. The van der Waals surface area contributed by atoms with Crippen LogP contribution in [0.5, 0.6) is 0 Å². The second-order valence-electron chi connectivity index (χ2n) is 4.06. The highest BCUT2D eigenvalue weighted by Gasteiger charge is 2.22. The minimum absolute atomic E-state index is 0.319.